The normalized spacial score (nSPS) is 17.0. The molecule has 6 N–H and O–H groups in total. The van der Waals surface area contributed by atoms with E-state index in [-0.39, 0.29) is 28.5 Å². The number of carboxylic acids is 2. The third-order valence-electron chi connectivity index (χ3n) is 1.48. The Bertz CT molecular complexity index is 208. The summed E-state index contributed by atoms with van der Waals surface area (Å²) in [5, 5.41) is 54.7. The molecule has 0 unspecified atom stereocenters. The van der Waals surface area contributed by atoms with Crippen molar-refractivity contribution in [1.29, 1.82) is 0 Å². The maximum Gasteiger partial charge on any atom is 2.00 e. The number of hydrogen-bond acceptors (Lipinski definition) is 8. The first-order valence-electron chi connectivity index (χ1n) is 3.43. The van der Waals surface area contributed by atoms with Gasteiger partial charge in [-0.15, -0.1) is 0 Å². The van der Waals surface area contributed by atoms with Gasteiger partial charge in [0.15, 0.2) is 0 Å². The fraction of sp³-hybridized carbons (Fsp3) is 0.667. The van der Waals surface area contributed by atoms with Gasteiger partial charge in [-0.25, -0.2) is 0 Å². The fourth-order valence-electron chi connectivity index (χ4n) is 0.652. The van der Waals surface area contributed by atoms with Gasteiger partial charge >= 0.3 is 23.1 Å². The van der Waals surface area contributed by atoms with Gasteiger partial charge in [0, 0.05) is 0 Å². The van der Waals surface area contributed by atoms with Crippen molar-refractivity contribution in [3.63, 3.8) is 0 Å². The van der Waals surface area contributed by atoms with Gasteiger partial charge < -0.3 is 45.7 Å². The molecule has 90 valence electrons. The minimum absolute atomic E-state index is 0. The van der Waals surface area contributed by atoms with Gasteiger partial charge in [-0.05, 0) is 0 Å². The number of aliphatic hydroxyl groups excluding tert-OH is 4. The molecule has 0 bridgehead atoms. The van der Waals surface area contributed by atoms with Crippen LogP contribution in [0.2, 0.25) is 0 Å². The quantitative estimate of drug-likeness (QED) is 0.345. The molecule has 0 rings (SSSR count). The van der Waals surface area contributed by atoms with E-state index in [1.807, 2.05) is 0 Å². The number of carboxylic acid groups (broad SMARTS) is 2. The molecule has 16 heavy (non-hydrogen) atoms. The Morgan fingerprint density at radius 3 is 1.12 bits per heavy atom. The van der Waals surface area contributed by atoms with Crippen LogP contribution in [0, 0.1) is 0 Å². The molecule has 9 nitrogen and oxygen atoms in total. The maximum atomic E-state index is 9.96. The summed E-state index contributed by atoms with van der Waals surface area (Å²) >= 11 is 0. The van der Waals surface area contributed by atoms with Gasteiger partial charge in [0.2, 0.25) is 0 Å². The summed E-state index contributed by atoms with van der Waals surface area (Å²) in [6.07, 6.45) is -9.76. The molecule has 0 aliphatic carbocycles. The van der Waals surface area contributed by atoms with Crippen LogP contribution in [0.1, 0.15) is 0 Å². The van der Waals surface area contributed by atoms with Gasteiger partial charge in [0.05, 0.1) is 11.9 Å². The van der Waals surface area contributed by atoms with Crippen LogP contribution in [0.5, 0.6) is 0 Å². The van der Waals surface area contributed by atoms with Crippen LogP contribution in [0.25, 0.3) is 0 Å². The standard InChI is InChI=1S/C6H10O8.Mg.H2O/c7-1(3(9)5(11)12)2(8)4(10)6(13)14;;/h1-4,7-10H,(H,11,12)(H,13,14);;1H2/q;+2;/p-2/t1-,2+,3-,4-;;/m0../s1. The van der Waals surface area contributed by atoms with Crippen molar-refractivity contribution < 1.29 is 45.7 Å². The molecular weight excluding hydrogens is 240 g/mol. The number of rotatable bonds is 5. The average molecular weight is 250 g/mol. The smallest absolute Gasteiger partial charge is 0.547 e. The summed E-state index contributed by atoms with van der Waals surface area (Å²) < 4.78 is 0. The van der Waals surface area contributed by atoms with Crippen LogP contribution in [0.3, 0.4) is 0 Å². The van der Waals surface area contributed by atoms with E-state index >= 15 is 0 Å². The molecule has 0 aliphatic heterocycles. The number of aliphatic carboxylic acids is 2. The Labute approximate surface area is 105 Å². The van der Waals surface area contributed by atoms with Crippen molar-refractivity contribution in [3.05, 3.63) is 0 Å². The zero-order valence-corrected chi connectivity index (χ0v) is 9.35. The van der Waals surface area contributed by atoms with Crippen LogP contribution in [0.4, 0.5) is 0 Å². The van der Waals surface area contributed by atoms with E-state index in [9.17, 15) is 19.8 Å². The summed E-state index contributed by atoms with van der Waals surface area (Å²) in [4.78, 5) is 19.9. The molecule has 0 radical (unpaired) electrons. The first kappa shape index (κ1) is 20.9. The molecule has 0 saturated carbocycles. The Morgan fingerprint density at radius 1 is 0.812 bits per heavy atom. The average Bonchev–Trinajstić information content (AvgIpc) is 2.12. The van der Waals surface area contributed by atoms with Crippen molar-refractivity contribution in [2.24, 2.45) is 0 Å². The molecule has 4 atom stereocenters. The van der Waals surface area contributed by atoms with E-state index in [0.717, 1.165) is 0 Å². The number of hydrogen-bond donors (Lipinski definition) is 4. The summed E-state index contributed by atoms with van der Waals surface area (Å²) in [5.41, 5.74) is 0. The molecule has 0 amide bonds. The van der Waals surface area contributed by atoms with Gasteiger partial charge in [0.25, 0.3) is 0 Å². The maximum absolute atomic E-state index is 9.96. The predicted octanol–water partition coefficient (Wildman–Crippen LogP) is -7.28. The minimum atomic E-state index is -2.50. The second kappa shape index (κ2) is 8.63. The molecule has 0 saturated heterocycles. The fourth-order valence-corrected chi connectivity index (χ4v) is 0.652. The molecule has 0 aromatic carbocycles. The summed E-state index contributed by atoms with van der Waals surface area (Å²) in [7, 11) is 0. The SMILES string of the molecule is O.O=C([O-])[C@@H](O)[C@H](O)[C@H](O)[C@H](O)C(=O)[O-].[Mg+2]. The molecular formula is C6H10MgO9. The van der Waals surface area contributed by atoms with Crippen LogP contribution in [0.15, 0.2) is 0 Å². The second-order valence-corrected chi connectivity index (χ2v) is 2.51. The van der Waals surface area contributed by atoms with E-state index in [0.29, 0.717) is 0 Å². The van der Waals surface area contributed by atoms with Gasteiger partial charge in [-0.1, -0.05) is 0 Å². The zero-order chi connectivity index (χ0) is 11.5. The molecule has 10 heteroatoms. The van der Waals surface area contributed by atoms with E-state index in [1.165, 1.54) is 0 Å². The summed E-state index contributed by atoms with van der Waals surface area (Å²) in [6.45, 7) is 0. The van der Waals surface area contributed by atoms with Crippen LogP contribution >= 0.6 is 0 Å². The minimum Gasteiger partial charge on any atom is -0.547 e. The third kappa shape index (κ3) is 5.55. The first-order valence-corrected chi connectivity index (χ1v) is 3.43. The Hall–Kier alpha value is -0.494. The summed E-state index contributed by atoms with van der Waals surface area (Å²) in [6, 6.07) is 0. The van der Waals surface area contributed by atoms with Gasteiger partial charge in [-0.2, -0.15) is 0 Å². The van der Waals surface area contributed by atoms with Crippen molar-refractivity contribution in [3.8, 4) is 0 Å². The first-order chi connectivity index (χ1) is 6.29. The number of carbonyl (C=O) groups is 2. The second-order valence-electron chi connectivity index (χ2n) is 2.51. The van der Waals surface area contributed by atoms with E-state index in [2.05, 4.69) is 0 Å². The van der Waals surface area contributed by atoms with Crippen LogP contribution < -0.4 is 10.2 Å². The van der Waals surface area contributed by atoms with E-state index in [1.54, 1.807) is 0 Å². The molecule has 0 spiro atoms. The Morgan fingerprint density at radius 2 is 1.00 bits per heavy atom. The van der Waals surface area contributed by atoms with Gasteiger partial charge in [0.1, 0.15) is 24.4 Å². The molecule has 0 fully saturated rings. The Balaban J connectivity index is -0.000000845. The van der Waals surface area contributed by atoms with Crippen LogP contribution in [-0.4, -0.2) is 85.3 Å². The Kier molecular flexibility index (Phi) is 11.3. The summed E-state index contributed by atoms with van der Waals surface area (Å²) in [5.74, 6) is -4.22. The molecule has 0 aromatic heterocycles. The van der Waals surface area contributed by atoms with Gasteiger partial charge in [-0.3, -0.25) is 0 Å². The van der Waals surface area contributed by atoms with Crippen molar-refractivity contribution >= 4 is 35.0 Å². The predicted molar refractivity (Wildman–Crippen MR) is 43.4 cm³/mol. The molecule has 0 heterocycles. The zero-order valence-electron chi connectivity index (χ0n) is 7.94. The van der Waals surface area contributed by atoms with E-state index in [4.69, 9.17) is 20.4 Å². The number of aliphatic hydroxyl groups is 4. The van der Waals surface area contributed by atoms with Crippen molar-refractivity contribution in [2.75, 3.05) is 0 Å². The largest absolute Gasteiger partial charge is 2.00 e. The van der Waals surface area contributed by atoms with Crippen LogP contribution in [-0.2, 0) is 9.59 Å². The number of carbonyl (C=O) groups excluding carboxylic acids is 2. The third-order valence-corrected chi connectivity index (χ3v) is 1.48. The molecule has 0 aliphatic rings. The van der Waals surface area contributed by atoms with E-state index < -0.39 is 36.4 Å². The molecule has 0 aromatic rings. The monoisotopic (exact) mass is 250 g/mol. The topological polar surface area (TPSA) is 193 Å². The van der Waals surface area contributed by atoms with Crippen molar-refractivity contribution in [2.45, 2.75) is 24.4 Å². The van der Waals surface area contributed by atoms with Crippen molar-refractivity contribution in [1.82, 2.24) is 0 Å².